The molecule has 1 aliphatic rings. The van der Waals surface area contributed by atoms with Crippen molar-refractivity contribution in [1.29, 1.82) is 0 Å². The molecule has 4 amide bonds. The molecule has 8 heteroatoms. The molecule has 8 nitrogen and oxygen atoms in total. The highest BCUT2D eigenvalue weighted by molar-refractivity contribution is 6.03. The fourth-order valence-corrected chi connectivity index (χ4v) is 2.97. The molecule has 1 aromatic carbocycles. The minimum Gasteiger partial charge on any atom is -0.366 e. The van der Waals surface area contributed by atoms with E-state index in [-0.39, 0.29) is 47.6 Å². The van der Waals surface area contributed by atoms with E-state index < -0.39 is 5.91 Å². The lowest BCUT2D eigenvalue weighted by Gasteiger charge is -2.13. The number of aldehydes is 1. The summed E-state index contributed by atoms with van der Waals surface area (Å²) >= 11 is 0. The molecule has 1 atom stereocenters. The van der Waals surface area contributed by atoms with Crippen molar-refractivity contribution < 1.29 is 24.0 Å². The van der Waals surface area contributed by atoms with E-state index in [1.807, 2.05) is 0 Å². The molecule has 0 saturated carbocycles. The summed E-state index contributed by atoms with van der Waals surface area (Å²) in [6.07, 6.45) is 3.02. The van der Waals surface area contributed by atoms with Crippen LogP contribution in [0.25, 0.3) is 0 Å². The van der Waals surface area contributed by atoms with Crippen LogP contribution in [0.1, 0.15) is 59.7 Å². The maximum Gasteiger partial charge on any atom is 0.248 e. The van der Waals surface area contributed by atoms with Crippen LogP contribution in [-0.2, 0) is 14.4 Å². The second-order valence-electron chi connectivity index (χ2n) is 6.67. The van der Waals surface area contributed by atoms with Gasteiger partial charge in [-0.05, 0) is 31.0 Å². The zero-order valence-corrected chi connectivity index (χ0v) is 15.2. The van der Waals surface area contributed by atoms with Crippen LogP contribution in [0, 0.1) is 5.92 Å². The average molecular weight is 373 g/mol. The standard InChI is InChI=1S/C19H23N3O5/c1-12-7-17(25)22(19(12)27)6-4-2-3-5-16(24)21-15-9-13(11-23)8-14(10-15)18(20)26/h8-12H,2-7H2,1H3,(H2,20,26)(H,21,24). The van der Waals surface area contributed by atoms with Crippen LogP contribution >= 0.6 is 0 Å². The molecule has 3 N–H and O–H groups in total. The van der Waals surface area contributed by atoms with E-state index in [9.17, 15) is 24.0 Å². The van der Waals surface area contributed by atoms with Crippen LogP contribution in [0.3, 0.4) is 0 Å². The largest absolute Gasteiger partial charge is 0.366 e. The summed E-state index contributed by atoms with van der Waals surface area (Å²) in [6, 6.07) is 4.23. The summed E-state index contributed by atoms with van der Waals surface area (Å²) in [5.41, 5.74) is 5.93. The number of hydrogen-bond acceptors (Lipinski definition) is 5. The van der Waals surface area contributed by atoms with Gasteiger partial charge in [0, 0.05) is 42.1 Å². The van der Waals surface area contributed by atoms with E-state index in [1.165, 1.54) is 23.1 Å². The first-order valence-corrected chi connectivity index (χ1v) is 8.86. The molecule has 0 bridgehead atoms. The summed E-state index contributed by atoms with van der Waals surface area (Å²) < 4.78 is 0. The fraction of sp³-hybridized carbons (Fsp3) is 0.421. The number of imide groups is 1. The summed E-state index contributed by atoms with van der Waals surface area (Å²) in [5.74, 6) is -1.44. The molecule has 0 aliphatic carbocycles. The molecule has 27 heavy (non-hydrogen) atoms. The van der Waals surface area contributed by atoms with Gasteiger partial charge in [-0.2, -0.15) is 0 Å². The molecule has 0 spiro atoms. The number of unbranched alkanes of at least 4 members (excludes halogenated alkanes) is 2. The summed E-state index contributed by atoms with van der Waals surface area (Å²) in [4.78, 5) is 59.0. The minimum atomic E-state index is -0.686. The monoisotopic (exact) mass is 373 g/mol. The Morgan fingerprint density at radius 3 is 2.56 bits per heavy atom. The Bertz CT molecular complexity index is 775. The molecule has 0 aromatic heterocycles. The third-order valence-electron chi connectivity index (χ3n) is 4.41. The number of rotatable bonds is 9. The highest BCUT2D eigenvalue weighted by atomic mass is 16.2. The van der Waals surface area contributed by atoms with E-state index >= 15 is 0 Å². The molecule has 1 unspecified atom stereocenters. The number of nitrogens with one attached hydrogen (secondary N) is 1. The zero-order chi connectivity index (χ0) is 20.0. The van der Waals surface area contributed by atoms with E-state index in [0.29, 0.717) is 37.8 Å². The van der Waals surface area contributed by atoms with Gasteiger partial charge in [0.1, 0.15) is 6.29 Å². The number of nitrogens with zero attached hydrogens (tertiary/aromatic N) is 1. The Kier molecular flexibility index (Phi) is 6.81. The highest BCUT2D eigenvalue weighted by Crippen LogP contribution is 2.19. The zero-order valence-electron chi connectivity index (χ0n) is 15.2. The number of nitrogens with two attached hydrogens (primary N) is 1. The SMILES string of the molecule is CC1CC(=O)N(CCCCCC(=O)Nc2cc(C=O)cc(C(N)=O)c2)C1=O. The van der Waals surface area contributed by atoms with Crippen LogP contribution in [0.15, 0.2) is 18.2 Å². The molecular formula is C19H23N3O5. The molecular weight excluding hydrogens is 350 g/mol. The molecule has 1 fully saturated rings. The van der Waals surface area contributed by atoms with Crippen molar-refractivity contribution in [2.75, 3.05) is 11.9 Å². The van der Waals surface area contributed by atoms with Gasteiger partial charge in [0.25, 0.3) is 0 Å². The smallest absolute Gasteiger partial charge is 0.248 e. The normalized spacial score (nSPS) is 16.5. The Morgan fingerprint density at radius 1 is 1.22 bits per heavy atom. The Morgan fingerprint density at radius 2 is 1.96 bits per heavy atom. The maximum absolute atomic E-state index is 12.0. The lowest BCUT2D eigenvalue weighted by molar-refractivity contribution is -0.139. The summed E-state index contributed by atoms with van der Waals surface area (Å²) in [5, 5.41) is 2.64. The number of benzene rings is 1. The van der Waals surface area contributed by atoms with Gasteiger partial charge in [-0.1, -0.05) is 13.3 Å². The van der Waals surface area contributed by atoms with Gasteiger partial charge in [0.15, 0.2) is 0 Å². The Labute approximate surface area is 157 Å². The third kappa shape index (κ3) is 5.47. The van der Waals surface area contributed by atoms with Crippen molar-refractivity contribution in [1.82, 2.24) is 4.90 Å². The molecule has 2 rings (SSSR count). The van der Waals surface area contributed by atoms with Gasteiger partial charge in [-0.25, -0.2) is 0 Å². The van der Waals surface area contributed by atoms with Crippen LogP contribution in [0.4, 0.5) is 5.69 Å². The van der Waals surface area contributed by atoms with Crippen molar-refractivity contribution in [3.05, 3.63) is 29.3 Å². The van der Waals surface area contributed by atoms with Gasteiger partial charge in [0.2, 0.25) is 23.6 Å². The van der Waals surface area contributed by atoms with E-state index in [2.05, 4.69) is 5.32 Å². The van der Waals surface area contributed by atoms with Crippen LogP contribution < -0.4 is 11.1 Å². The van der Waals surface area contributed by atoms with Gasteiger partial charge < -0.3 is 11.1 Å². The number of primary amides is 1. The minimum absolute atomic E-state index is 0.127. The fourth-order valence-electron chi connectivity index (χ4n) is 2.97. The lowest BCUT2D eigenvalue weighted by atomic mass is 10.1. The number of carbonyl (C=O) groups excluding carboxylic acids is 5. The van der Waals surface area contributed by atoms with Gasteiger partial charge in [-0.15, -0.1) is 0 Å². The second kappa shape index (κ2) is 9.07. The third-order valence-corrected chi connectivity index (χ3v) is 4.41. The first-order valence-electron chi connectivity index (χ1n) is 8.86. The predicted octanol–water partition coefficient (Wildman–Crippen LogP) is 1.49. The van der Waals surface area contributed by atoms with E-state index in [0.717, 1.165) is 0 Å². The number of anilines is 1. The lowest BCUT2D eigenvalue weighted by Crippen LogP contribution is -2.31. The van der Waals surface area contributed by atoms with Crippen molar-refractivity contribution >= 4 is 35.6 Å². The van der Waals surface area contributed by atoms with Crippen LogP contribution in [0.5, 0.6) is 0 Å². The van der Waals surface area contributed by atoms with E-state index in [1.54, 1.807) is 6.92 Å². The van der Waals surface area contributed by atoms with Gasteiger partial charge in [0.05, 0.1) is 0 Å². The van der Waals surface area contributed by atoms with Crippen molar-refractivity contribution in [3.63, 3.8) is 0 Å². The maximum atomic E-state index is 12.0. The molecule has 144 valence electrons. The molecule has 1 aromatic rings. The van der Waals surface area contributed by atoms with E-state index in [4.69, 9.17) is 5.73 Å². The Balaban J connectivity index is 1.76. The number of hydrogen-bond donors (Lipinski definition) is 2. The first-order chi connectivity index (χ1) is 12.8. The number of likely N-dealkylation sites (tertiary alicyclic amines) is 1. The Hall–Kier alpha value is -3.03. The van der Waals surface area contributed by atoms with Crippen molar-refractivity contribution in [3.8, 4) is 0 Å². The van der Waals surface area contributed by atoms with Gasteiger partial charge in [-0.3, -0.25) is 28.9 Å². The predicted molar refractivity (Wildman–Crippen MR) is 97.9 cm³/mol. The highest BCUT2D eigenvalue weighted by Gasteiger charge is 2.34. The van der Waals surface area contributed by atoms with Gasteiger partial charge >= 0.3 is 0 Å². The second-order valence-corrected chi connectivity index (χ2v) is 6.67. The first kappa shape index (κ1) is 20.3. The number of carbonyl (C=O) groups is 5. The number of amides is 4. The molecule has 0 radical (unpaired) electrons. The van der Waals surface area contributed by atoms with Crippen LogP contribution in [0.2, 0.25) is 0 Å². The molecule has 1 aliphatic heterocycles. The summed E-state index contributed by atoms with van der Waals surface area (Å²) in [7, 11) is 0. The van der Waals surface area contributed by atoms with Crippen molar-refractivity contribution in [2.24, 2.45) is 11.7 Å². The molecule has 1 heterocycles. The quantitative estimate of drug-likeness (QED) is 0.385. The van der Waals surface area contributed by atoms with Crippen molar-refractivity contribution in [2.45, 2.75) is 39.0 Å². The molecule has 1 saturated heterocycles. The average Bonchev–Trinajstić information content (AvgIpc) is 2.86. The van der Waals surface area contributed by atoms with Crippen LogP contribution in [-0.4, -0.2) is 41.4 Å². The topological polar surface area (TPSA) is 127 Å². The summed E-state index contributed by atoms with van der Waals surface area (Å²) in [6.45, 7) is 2.13.